The van der Waals surface area contributed by atoms with Gasteiger partial charge < -0.3 is 10.3 Å². The summed E-state index contributed by atoms with van der Waals surface area (Å²) in [5.74, 6) is 0. The Hall–Kier alpha value is -1.51. The second-order valence-corrected chi connectivity index (χ2v) is 7.57. The van der Waals surface area contributed by atoms with Gasteiger partial charge in [0.25, 0.3) is 0 Å². The molecule has 0 spiro atoms. The van der Waals surface area contributed by atoms with Gasteiger partial charge in [0.2, 0.25) is 10.0 Å². The summed E-state index contributed by atoms with van der Waals surface area (Å²) in [6.07, 6.45) is 3.50. The summed E-state index contributed by atoms with van der Waals surface area (Å²) in [5, 5.41) is 0.746. The van der Waals surface area contributed by atoms with Gasteiger partial charge >= 0.3 is 0 Å². The van der Waals surface area contributed by atoms with Crippen molar-refractivity contribution in [2.45, 2.75) is 14.9 Å². The van der Waals surface area contributed by atoms with Crippen LogP contribution in [-0.2, 0) is 17.1 Å². The molecule has 1 heterocycles. The normalized spacial score (nSPS) is 12.0. The molecule has 0 radical (unpaired) electrons. The van der Waals surface area contributed by atoms with E-state index >= 15 is 0 Å². The highest BCUT2D eigenvalue weighted by molar-refractivity contribution is 7.99. The molecule has 0 fully saturated rings. The molecule has 0 aliphatic rings. The molecule has 0 saturated heterocycles. The van der Waals surface area contributed by atoms with E-state index in [1.54, 1.807) is 18.3 Å². The van der Waals surface area contributed by atoms with Gasteiger partial charge in [0.1, 0.15) is 0 Å². The Balaban J connectivity index is 2.43. The molecule has 0 atom stereocenters. The number of benzene rings is 1. The standard InChI is InChI=1S/C12H16N4O2S2/c1-15(2)20(17,18)9-4-5-10(13)11(8-9)19-12-14-6-7-16(12)3/h4-8H,13H2,1-3H3. The predicted octanol–water partition coefficient (Wildman–Crippen LogP) is 1.40. The van der Waals surface area contributed by atoms with E-state index in [0.29, 0.717) is 10.6 Å². The smallest absolute Gasteiger partial charge is 0.242 e. The van der Waals surface area contributed by atoms with Crippen molar-refractivity contribution in [3.05, 3.63) is 30.6 Å². The summed E-state index contributed by atoms with van der Waals surface area (Å²) in [6, 6.07) is 4.68. The summed E-state index contributed by atoms with van der Waals surface area (Å²) in [7, 11) is 1.39. The molecule has 108 valence electrons. The molecular formula is C12H16N4O2S2. The van der Waals surface area contributed by atoms with Gasteiger partial charge in [-0.3, -0.25) is 0 Å². The minimum atomic E-state index is -3.47. The Morgan fingerprint density at radius 1 is 1.35 bits per heavy atom. The number of nitrogen functional groups attached to an aromatic ring is 1. The van der Waals surface area contributed by atoms with Crippen molar-refractivity contribution >= 4 is 27.5 Å². The molecule has 0 saturated carbocycles. The van der Waals surface area contributed by atoms with E-state index in [4.69, 9.17) is 5.73 Å². The van der Waals surface area contributed by atoms with Crippen LogP contribution in [0.25, 0.3) is 0 Å². The summed E-state index contributed by atoms with van der Waals surface area (Å²) in [4.78, 5) is 5.07. The highest BCUT2D eigenvalue weighted by Crippen LogP contribution is 2.32. The minimum absolute atomic E-state index is 0.216. The van der Waals surface area contributed by atoms with Crippen molar-refractivity contribution in [2.24, 2.45) is 7.05 Å². The maximum atomic E-state index is 12.1. The number of imidazole rings is 1. The van der Waals surface area contributed by atoms with Gasteiger partial charge in [0, 0.05) is 44.1 Å². The van der Waals surface area contributed by atoms with Gasteiger partial charge in [-0.15, -0.1) is 0 Å². The number of aryl methyl sites for hydroxylation is 1. The third kappa shape index (κ3) is 2.82. The fourth-order valence-electron chi connectivity index (χ4n) is 1.52. The van der Waals surface area contributed by atoms with Gasteiger partial charge in [0.05, 0.1) is 4.90 Å². The van der Waals surface area contributed by atoms with E-state index in [2.05, 4.69) is 4.98 Å². The minimum Gasteiger partial charge on any atom is -0.398 e. The molecule has 0 aliphatic carbocycles. The Kier molecular flexibility index (Phi) is 4.07. The SMILES string of the molecule is CN(C)S(=O)(=O)c1ccc(N)c(Sc2nccn2C)c1. The fourth-order valence-corrected chi connectivity index (χ4v) is 3.41. The molecule has 0 bridgehead atoms. The van der Waals surface area contributed by atoms with Crippen LogP contribution in [0, 0.1) is 0 Å². The molecule has 20 heavy (non-hydrogen) atoms. The monoisotopic (exact) mass is 312 g/mol. The second kappa shape index (κ2) is 5.47. The zero-order valence-corrected chi connectivity index (χ0v) is 13.1. The summed E-state index contributed by atoms with van der Waals surface area (Å²) < 4.78 is 27.3. The van der Waals surface area contributed by atoms with Gasteiger partial charge in [-0.05, 0) is 30.0 Å². The van der Waals surface area contributed by atoms with Crippen molar-refractivity contribution in [1.29, 1.82) is 0 Å². The second-order valence-electron chi connectivity index (χ2n) is 4.41. The molecule has 2 rings (SSSR count). The third-order valence-corrected chi connectivity index (χ3v) is 5.70. The lowest BCUT2D eigenvalue weighted by molar-refractivity contribution is 0.520. The molecule has 0 amide bonds. The first-order valence-corrected chi connectivity index (χ1v) is 8.05. The first kappa shape index (κ1) is 14.9. The van der Waals surface area contributed by atoms with Gasteiger partial charge in [-0.25, -0.2) is 17.7 Å². The first-order valence-electron chi connectivity index (χ1n) is 5.79. The average Bonchev–Trinajstić information content (AvgIpc) is 2.77. The Labute approximate surface area is 122 Å². The van der Waals surface area contributed by atoms with Crippen molar-refractivity contribution in [3.8, 4) is 0 Å². The quantitative estimate of drug-likeness (QED) is 0.863. The number of sulfonamides is 1. The topological polar surface area (TPSA) is 81.2 Å². The molecule has 0 aliphatic heterocycles. The molecule has 2 N–H and O–H groups in total. The molecule has 1 aromatic carbocycles. The van der Waals surface area contributed by atoms with Crippen molar-refractivity contribution in [3.63, 3.8) is 0 Å². The van der Waals surface area contributed by atoms with Crippen LogP contribution in [0.4, 0.5) is 5.69 Å². The number of anilines is 1. The Morgan fingerprint density at radius 3 is 2.60 bits per heavy atom. The number of nitrogens with zero attached hydrogens (tertiary/aromatic N) is 3. The summed E-state index contributed by atoms with van der Waals surface area (Å²) in [5.41, 5.74) is 6.43. The lowest BCUT2D eigenvalue weighted by Gasteiger charge is -2.13. The lowest BCUT2D eigenvalue weighted by Crippen LogP contribution is -2.22. The number of hydrogen-bond donors (Lipinski definition) is 1. The van der Waals surface area contributed by atoms with E-state index in [1.165, 1.54) is 36.2 Å². The van der Waals surface area contributed by atoms with E-state index in [1.807, 2.05) is 17.8 Å². The first-order chi connectivity index (χ1) is 9.32. The zero-order valence-electron chi connectivity index (χ0n) is 11.4. The average molecular weight is 312 g/mol. The van der Waals surface area contributed by atoms with Gasteiger partial charge in [0.15, 0.2) is 5.16 Å². The maximum absolute atomic E-state index is 12.1. The van der Waals surface area contributed by atoms with Crippen molar-refractivity contribution < 1.29 is 8.42 Å². The van der Waals surface area contributed by atoms with Gasteiger partial charge in [-0.2, -0.15) is 0 Å². The number of nitrogens with two attached hydrogens (primary N) is 1. The Bertz CT molecular complexity index is 723. The molecule has 0 unspecified atom stereocenters. The van der Waals surface area contributed by atoms with Crippen LogP contribution in [0.1, 0.15) is 0 Å². The largest absolute Gasteiger partial charge is 0.398 e. The van der Waals surface area contributed by atoms with E-state index < -0.39 is 10.0 Å². The van der Waals surface area contributed by atoms with Crippen LogP contribution in [0.3, 0.4) is 0 Å². The predicted molar refractivity (Wildman–Crippen MR) is 79.1 cm³/mol. The van der Waals surface area contributed by atoms with Crippen LogP contribution in [0.5, 0.6) is 0 Å². The van der Waals surface area contributed by atoms with E-state index in [9.17, 15) is 8.42 Å². The summed E-state index contributed by atoms with van der Waals surface area (Å²) >= 11 is 1.33. The zero-order chi connectivity index (χ0) is 14.9. The molecule has 2 aromatic rings. The molecule has 8 heteroatoms. The van der Waals surface area contributed by atoms with Crippen LogP contribution >= 0.6 is 11.8 Å². The highest BCUT2D eigenvalue weighted by atomic mass is 32.2. The highest BCUT2D eigenvalue weighted by Gasteiger charge is 2.19. The van der Waals surface area contributed by atoms with Crippen LogP contribution < -0.4 is 5.73 Å². The third-order valence-electron chi connectivity index (χ3n) is 2.74. The molecule has 1 aromatic heterocycles. The number of aromatic nitrogens is 2. The molecular weight excluding hydrogens is 296 g/mol. The van der Waals surface area contributed by atoms with Crippen molar-refractivity contribution in [2.75, 3.05) is 19.8 Å². The number of rotatable bonds is 4. The van der Waals surface area contributed by atoms with Crippen LogP contribution in [-0.4, -0.2) is 36.4 Å². The van der Waals surface area contributed by atoms with Crippen molar-refractivity contribution in [1.82, 2.24) is 13.9 Å². The van der Waals surface area contributed by atoms with E-state index in [0.717, 1.165) is 5.16 Å². The van der Waals surface area contributed by atoms with Crippen LogP contribution in [0.2, 0.25) is 0 Å². The lowest BCUT2D eigenvalue weighted by atomic mass is 10.3. The summed E-state index contributed by atoms with van der Waals surface area (Å²) in [6.45, 7) is 0. The Morgan fingerprint density at radius 2 is 2.05 bits per heavy atom. The van der Waals surface area contributed by atoms with Gasteiger partial charge in [-0.1, -0.05) is 0 Å². The fraction of sp³-hybridized carbons (Fsp3) is 0.250. The van der Waals surface area contributed by atoms with Crippen LogP contribution in [0.15, 0.2) is 45.5 Å². The van der Waals surface area contributed by atoms with E-state index in [-0.39, 0.29) is 4.90 Å². The maximum Gasteiger partial charge on any atom is 0.242 e. The number of hydrogen-bond acceptors (Lipinski definition) is 5. The molecule has 6 nitrogen and oxygen atoms in total.